The number of carbonyl (C=O) groups is 3. The van der Waals surface area contributed by atoms with Crippen molar-refractivity contribution >= 4 is 34.9 Å². The molecule has 0 spiro atoms. The number of para-hydroxylation sites is 1. The minimum atomic E-state index is -0.530. The normalized spacial score (nSPS) is 12.9. The Balaban J connectivity index is 1.32. The predicted octanol–water partition coefficient (Wildman–Crippen LogP) is 5.64. The molecule has 0 atom stereocenters. The third-order valence-corrected chi connectivity index (χ3v) is 6.99. The first kappa shape index (κ1) is 29.2. The van der Waals surface area contributed by atoms with Crippen molar-refractivity contribution in [2.75, 3.05) is 41.7 Å². The molecule has 0 bridgehead atoms. The van der Waals surface area contributed by atoms with Crippen molar-refractivity contribution in [3.05, 3.63) is 125 Å². The highest BCUT2D eigenvalue weighted by molar-refractivity contribution is 6.06. The molecular formula is C32H28F3N5O3. The fraction of sp³-hybridized carbons (Fsp3) is 0.156. The second-order valence-electron chi connectivity index (χ2n) is 9.89. The van der Waals surface area contributed by atoms with Gasteiger partial charge in [-0.05, 0) is 72.3 Å². The molecule has 0 unspecified atom stereocenters. The van der Waals surface area contributed by atoms with Crippen molar-refractivity contribution < 1.29 is 27.6 Å². The molecule has 1 aliphatic rings. The standard InChI is InChI=1S/C32H28F3N5O3/c33-23-9-5-21(6-10-23)20-36-31(42)26-19-25(37-30(41)22-7-11-24(34)12-8-22)13-14-29(26)39-15-17-40(18-16-39)32(43)38-28-4-2-1-3-27(28)35/h1-14,19H,15-18,20H2,(H,36,42)(H,37,41)(H,38,43). The van der Waals surface area contributed by atoms with Crippen molar-refractivity contribution in [2.45, 2.75) is 6.54 Å². The van der Waals surface area contributed by atoms with Crippen molar-refractivity contribution in [3.63, 3.8) is 0 Å². The topological polar surface area (TPSA) is 93.8 Å². The zero-order valence-corrected chi connectivity index (χ0v) is 22.9. The van der Waals surface area contributed by atoms with E-state index in [1.807, 2.05) is 4.90 Å². The maximum Gasteiger partial charge on any atom is 0.322 e. The Morgan fingerprint density at radius 1 is 0.698 bits per heavy atom. The van der Waals surface area contributed by atoms with Crippen LogP contribution in [0.2, 0.25) is 0 Å². The number of halogens is 3. The minimum absolute atomic E-state index is 0.0910. The highest BCUT2D eigenvalue weighted by Crippen LogP contribution is 2.27. The van der Waals surface area contributed by atoms with Crippen LogP contribution in [0.5, 0.6) is 0 Å². The van der Waals surface area contributed by atoms with E-state index in [1.165, 1.54) is 54.6 Å². The molecule has 1 saturated heterocycles. The number of urea groups is 1. The van der Waals surface area contributed by atoms with Gasteiger partial charge >= 0.3 is 6.03 Å². The maximum absolute atomic E-state index is 14.0. The number of anilines is 3. The van der Waals surface area contributed by atoms with Crippen LogP contribution in [0.25, 0.3) is 0 Å². The first-order valence-electron chi connectivity index (χ1n) is 13.6. The molecule has 1 heterocycles. The summed E-state index contributed by atoms with van der Waals surface area (Å²) in [6, 6.07) is 21.2. The van der Waals surface area contributed by atoms with Gasteiger partial charge in [0.25, 0.3) is 11.8 Å². The van der Waals surface area contributed by atoms with Crippen molar-refractivity contribution in [1.29, 1.82) is 0 Å². The number of nitrogens with zero attached hydrogens (tertiary/aromatic N) is 2. The fourth-order valence-corrected chi connectivity index (χ4v) is 4.66. The minimum Gasteiger partial charge on any atom is -0.367 e. The van der Waals surface area contributed by atoms with E-state index >= 15 is 0 Å². The molecule has 0 saturated carbocycles. The van der Waals surface area contributed by atoms with Gasteiger partial charge in [0.05, 0.1) is 11.3 Å². The molecule has 43 heavy (non-hydrogen) atoms. The highest BCUT2D eigenvalue weighted by Gasteiger charge is 2.25. The highest BCUT2D eigenvalue weighted by atomic mass is 19.1. The van der Waals surface area contributed by atoms with Gasteiger partial charge in [-0.3, -0.25) is 9.59 Å². The maximum atomic E-state index is 14.0. The van der Waals surface area contributed by atoms with Crippen LogP contribution in [0.3, 0.4) is 0 Å². The van der Waals surface area contributed by atoms with Crippen LogP contribution in [0.15, 0.2) is 91.0 Å². The van der Waals surface area contributed by atoms with E-state index in [4.69, 9.17) is 0 Å². The summed E-state index contributed by atoms with van der Waals surface area (Å²) < 4.78 is 40.6. The number of hydrogen-bond acceptors (Lipinski definition) is 4. The lowest BCUT2D eigenvalue weighted by Gasteiger charge is -2.37. The summed E-state index contributed by atoms with van der Waals surface area (Å²) in [6.07, 6.45) is 0. The Morgan fingerprint density at radius 3 is 2.02 bits per heavy atom. The second-order valence-corrected chi connectivity index (χ2v) is 9.89. The van der Waals surface area contributed by atoms with Crippen LogP contribution >= 0.6 is 0 Å². The van der Waals surface area contributed by atoms with Crippen LogP contribution < -0.4 is 20.9 Å². The van der Waals surface area contributed by atoms with E-state index < -0.39 is 29.5 Å². The Hall–Kier alpha value is -5.32. The zero-order valence-electron chi connectivity index (χ0n) is 22.9. The van der Waals surface area contributed by atoms with E-state index in [9.17, 15) is 27.6 Å². The van der Waals surface area contributed by atoms with Crippen LogP contribution in [-0.2, 0) is 6.54 Å². The van der Waals surface area contributed by atoms with Gasteiger partial charge in [0.1, 0.15) is 17.5 Å². The van der Waals surface area contributed by atoms with Gasteiger partial charge in [-0.15, -0.1) is 0 Å². The smallest absolute Gasteiger partial charge is 0.322 e. The molecule has 5 rings (SSSR count). The third-order valence-electron chi connectivity index (χ3n) is 6.99. The predicted molar refractivity (Wildman–Crippen MR) is 158 cm³/mol. The molecule has 11 heteroatoms. The molecule has 4 aromatic carbocycles. The van der Waals surface area contributed by atoms with Crippen LogP contribution in [-0.4, -0.2) is 48.9 Å². The van der Waals surface area contributed by atoms with Gasteiger partial charge in [-0.1, -0.05) is 24.3 Å². The van der Waals surface area contributed by atoms with Gasteiger partial charge in [0.2, 0.25) is 0 Å². The summed E-state index contributed by atoms with van der Waals surface area (Å²) in [7, 11) is 0. The average Bonchev–Trinajstić information content (AvgIpc) is 3.02. The Morgan fingerprint density at radius 2 is 1.35 bits per heavy atom. The first-order valence-corrected chi connectivity index (χ1v) is 13.6. The van der Waals surface area contributed by atoms with Crippen LogP contribution in [0, 0.1) is 17.5 Å². The number of nitrogens with one attached hydrogen (secondary N) is 3. The summed E-state index contributed by atoms with van der Waals surface area (Å²) in [4.78, 5) is 42.4. The molecule has 4 amide bonds. The van der Waals surface area contributed by atoms with Crippen LogP contribution in [0.4, 0.5) is 35.0 Å². The molecule has 4 aromatic rings. The number of hydrogen-bond donors (Lipinski definition) is 3. The Kier molecular flexibility index (Phi) is 8.90. The Bertz CT molecular complexity index is 1620. The van der Waals surface area contributed by atoms with Crippen molar-refractivity contribution in [1.82, 2.24) is 10.2 Å². The molecule has 0 aromatic heterocycles. The van der Waals surface area contributed by atoms with E-state index in [2.05, 4.69) is 16.0 Å². The van der Waals surface area contributed by atoms with Gasteiger partial charge in [-0.2, -0.15) is 0 Å². The SMILES string of the molecule is O=C(Nc1ccc(N2CCN(C(=O)Nc3ccccc3F)CC2)c(C(=O)NCc2ccc(F)cc2)c1)c1ccc(F)cc1. The molecule has 1 fully saturated rings. The van der Waals surface area contributed by atoms with Gasteiger partial charge < -0.3 is 25.8 Å². The molecule has 1 aliphatic heterocycles. The number of piperazine rings is 1. The molecule has 0 aliphatic carbocycles. The van der Waals surface area contributed by atoms with E-state index in [-0.39, 0.29) is 29.2 Å². The van der Waals surface area contributed by atoms with E-state index in [0.717, 1.165) is 0 Å². The largest absolute Gasteiger partial charge is 0.367 e. The number of benzene rings is 4. The van der Waals surface area contributed by atoms with Gasteiger partial charge in [-0.25, -0.2) is 18.0 Å². The zero-order chi connectivity index (χ0) is 30.3. The molecule has 8 nitrogen and oxygen atoms in total. The Labute approximate surface area is 246 Å². The second kappa shape index (κ2) is 13.1. The van der Waals surface area contributed by atoms with E-state index in [1.54, 1.807) is 41.3 Å². The molecular weight excluding hydrogens is 559 g/mol. The molecule has 220 valence electrons. The average molecular weight is 588 g/mol. The van der Waals surface area contributed by atoms with Gasteiger partial charge in [0.15, 0.2) is 0 Å². The summed E-state index contributed by atoms with van der Waals surface area (Å²) in [5.74, 6) is -2.27. The third kappa shape index (κ3) is 7.31. The lowest BCUT2D eigenvalue weighted by molar-refractivity contribution is 0.0949. The van der Waals surface area contributed by atoms with Crippen molar-refractivity contribution in [3.8, 4) is 0 Å². The number of carbonyl (C=O) groups excluding carboxylic acids is 3. The van der Waals surface area contributed by atoms with Crippen LogP contribution in [0.1, 0.15) is 26.3 Å². The molecule has 3 N–H and O–H groups in total. The number of amides is 4. The summed E-state index contributed by atoms with van der Waals surface area (Å²) in [5, 5.41) is 8.17. The summed E-state index contributed by atoms with van der Waals surface area (Å²) >= 11 is 0. The summed E-state index contributed by atoms with van der Waals surface area (Å²) in [5.41, 5.74) is 2.26. The lowest BCUT2D eigenvalue weighted by Crippen LogP contribution is -2.50. The van der Waals surface area contributed by atoms with Gasteiger partial charge in [0, 0.05) is 49.7 Å². The quantitative estimate of drug-likeness (QED) is 0.261. The molecule has 0 radical (unpaired) electrons. The summed E-state index contributed by atoms with van der Waals surface area (Å²) in [6.45, 7) is 1.57. The lowest BCUT2D eigenvalue weighted by atomic mass is 10.1. The number of rotatable bonds is 7. The van der Waals surface area contributed by atoms with Crippen molar-refractivity contribution in [2.24, 2.45) is 0 Å². The monoisotopic (exact) mass is 587 g/mol. The first-order chi connectivity index (χ1) is 20.8. The van der Waals surface area contributed by atoms with E-state index in [0.29, 0.717) is 43.1 Å². The fourth-order valence-electron chi connectivity index (χ4n) is 4.66.